The molecule has 1 atom stereocenters. The summed E-state index contributed by atoms with van der Waals surface area (Å²) >= 11 is 0. The third kappa shape index (κ3) is 7.87. The van der Waals surface area contributed by atoms with Gasteiger partial charge in [0.2, 0.25) is 0 Å². The third-order valence-electron chi connectivity index (χ3n) is 4.79. The highest BCUT2D eigenvalue weighted by Gasteiger charge is 2.13. The summed E-state index contributed by atoms with van der Waals surface area (Å²) in [7, 11) is 0. The minimum atomic E-state index is -0.372. The van der Waals surface area contributed by atoms with Crippen LogP contribution < -0.4 is 9.47 Å². The maximum atomic E-state index is 12.1. The number of carbonyl (C=O) groups excluding carboxylic acids is 1. The van der Waals surface area contributed by atoms with E-state index in [1.54, 1.807) is 36.4 Å². The van der Waals surface area contributed by atoms with Crippen LogP contribution in [0.1, 0.15) is 55.3 Å². The molecule has 29 heavy (non-hydrogen) atoms. The molecule has 0 aromatic heterocycles. The highest BCUT2D eigenvalue weighted by molar-refractivity contribution is 5.91. The first-order chi connectivity index (χ1) is 14.3. The molecule has 156 valence electrons. The highest BCUT2D eigenvalue weighted by atomic mass is 16.7. The van der Waals surface area contributed by atoms with E-state index in [1.807, 2.05) is 18.2 Å². The molecule has 0 amide bonds. The van der Waals surface area contributed by atoms with Crippen molar-refractivity contribution in [3.8, 4) is 11.5 Å². The van der Waals surface area contributed by atoms with Gasteiger partial charge >= 0.3 is 5.97 Å². The fourth-order valence-electron chi connectivity index (χ4n) is 3.15. The Bertz CT molecular complexity index is 708. The summed E-state index contributed by atoms with van der Waals surface area (Å²) in [5, 5.41) is 0. The maximum absolute atomic E-state index is 12.1. The van der Waals surface area contributed by atoms with E-state index in [2.05, 4.69) is 0 Å². The van der Waals surface area contributed by atoms with E-state index in [4.69, 9.17) is 18.9 Å². The van der Waals surface area contributed by atoms with Crippen molar-refractivity contribution in [2.45, 2.75) is 51.2 Å². The Morgan fingerprint density at radius 2 is 1.62 bits per heavy atom. The van der Waals surface area contributed by atoms with Crippen LogP contribution in [0, 0.1) is 0 Å². The van der Waals surface area contributed by atoms with Crippen molar-refractivity contribution in [2.75, 3.05) is 19.8 Å². The molecule has 5 nitrogen and oxygen atoms in total. The first-order valence-corrected chi connectivity index (χ1v) is 10.5. The fourth-order valence-corrected chi connectivity index (χ4v) is 3.15. The molecule has 1 aliphatic heterocycles. The summed E-state index contributed by atoms with van der Waals surface area (Å²) in [6.45, 7) is 2.27. The molecule has 0 aliphatic carbocycles. The zero-order chi connectivity index (χ0) is 20.2. The van der Waals surface area contributed by atoms with E-state index >= 15 is 0 Å². The standard InChI is InChI=1S/C24H30O5/c25-24(29-22-10-4-3-5-11-22)20-13-15-21(16-14-20)26-17-7-1-2-8-18-27-23-12-6-9-19-28-23/h3-5,10-11,13-16,23H,1-2,6-9,12,17-19H2. The lowest BCUT2D eigenvalue weighted by molar-refractivity contribution is -0.162. The van der Waals surface area contributed by atoms with E-state index in [-0.39, 0.29) is 12.3 Å². The lowest BCUT2D eigenvalue weighted by Gasteiger charge is -2.22. The lowest BCUT2D eigenvalue weighted by atomic mass is 10.2. The van der Waals surface area contributed by atoms with Gasteiger partial charge in [0.25, 0.3) is 0 Å². The van der Waals surface area contributed by atoms with Crippen LogP contribution in [0.5, 0.6) is 11.5 Å². The summed E-state index contributed by atoms with van der Waals surface area (Å²) in [5.74, 6) is 0.928. The summed E-state index contributed by atoms with van der Waals surface area (Å²) in [5.41, 5.74) is 0.503. The van der Waals surface area contributed by atoms with Crippen LogP contribution in [0.15, 0.2) is 54.6 Å². The minimum Gasteiger partial charge on any atom is -0.494 e. The molecule has 2 aromatic carbocycles. The Morgan fingerprint density at radius 1 is 0.862 bits per heavy atom. The molecule has 0 bridgehead atoms. The Hall–Kier alpha value is -2.37. The molecule has 5 heteroatoms. The molecular weight excluding hydrogens is 368 g/mol. The maximum Gasteiger partial charge on any atom is 0.343 e. The van der Waals surface area contributed by atoms with Crippen LogP contribution in [0.4, 0.5) is 0 Å². The van der Waals surface area contributed by atoms with Crippen molar-refractivity contribution in [2.24, 2.45) is 0 Å². The summed E-state index contributed by atoms with van der Waals surface area (Å²) < 4.78 is 22.4. The van der Waals surface area contributed by atoms with Gasteiger partial charge in [-0.1, -0.05) is 24.6 Å². The number of hydrogen-bond acceptors (Lipinski definition) is 5. The smallest absolute Gasteiger partial charge is 0.343 e. The average molecular weight is 398 g/mol. The second-order valence-corrected chi connectivity index (χ2v) is 7.16. The minimum absolute atomic E-state index is 0.0139. The number of benzene rings is 2. The molecule has 0 N–H and O–H groups in total. The molecule has 0 saturated carbocycles. The van der Waals surface area contributed by atoms with E-state index in [0.29, 0.717) is 17.9 Å². The number of carbonyl (C=O) groups is 1. The molecule has 1 heterocycles. The van der Waals surface area contributed by atoms with Crippen molar-refractivity contribution >= 4 is 5.97 Å². The van der Waals surface area contributed by atoms with Crippen molar-refractivity contribution in [1.29, 1.82) is 0 Å². The number of esters is 1. The van der Waals surface area contributed by atoms with Gasteiger partial charge < -0.3 is 18.9 Å². The van der Waals surface area contributed by atoms with Crippen molar-refractivity contribution in [3.63, 3.8) is 0 Å². The van der Waals surface area contributed by atoms with E-state index in [1.165, 1.54) is 6.42 Å². The third-order valence-corrected chi connectivity index (χ3v) is 4.79. The Labute approximate surface area is 172 Å². The fraction of sp³-hybridized carbons (Fsp3) is 0.458. The van der Waals surface area contributed by atoms with E-state index in [0.717, 1.165) is 57.5 Å². The zero-order valence-electron chi connectivity index (χ0n) is 16.9. The molecule has 3 rings (SSSR count). The molecule has 1 fully saturated rings. The average Bonchev–Trinajstić information content (AvgIpc) is 2.77. The van der Waals surface area contributed by atoms with Crippen LogP contribution in [0.3, 0.4) is 0 Å². The van der Waals surface area contributed by atoms with Crippen LogP contribution >= 0.6 is 0 Å². The lowest BCUT2D eigenvalue weighted by Crippen LogP contribution is -2.22. The second-order valence-electron chi connectivity index (χ2n) is 7.16. The van der Waals surface area contributed by atoms with Gasteiger partial charge in [0.1, 0.15) is 11.5 Å². The summed E-state index contributed by atoms with van der Waals surface area (Å²) in [6, 6.07) is 16.1. The van der Waals surface area contributed by atoms with E-state index < -0.39 is 0 Å². The first kappa shape index (κ1) is 21.3. The van der Waals surface area contributed by atoms with Gasteiger partial charge in [-0.2, -0.15) is 0 Å². The second kappa shape index (κ2) is 12.2. The van der Waals surface area contributed by atoms with Crippen LogP contribution in [0.25, 0.3) is 0 Å². The number of unbranched alkanes of at least 4 members (excludes halogenated alkanes) is 3. The van der Waals surface area contributed by atoms with E-state index in [9.17, 15) is 4.79 Å². The number of para-hydroxylation sites is 1. The van der Waals surface area contributed by atoms with Crippen LogP contribution in [-0.2, 0) is 9.47 Å². The van der Waals surface area contributed by atoms with Crippen molar-refractivity contribution in [1.82, 2.24) is 0 Å². The van der Waals surface area contributed by atoms with Gasteiger partial charge in [0.05, 0.1) is 12.2 Å². The quantitative estimate of drug-likeness (QED) is 0.289. The molecule has 0 radical (unpaired) electrons. The van der Waals surface area contributed by atoms with Gasteiger partial charge in [0, 0.05) is 13.2 Å². The Kier molecular flexibility index (Phi) is 9.01. The normalized spacial score (nSPS) is 16.3. The molecule has 1 saturated heterocycles. The first-order valence-electron chi connectivity index (χ1n) is 10.5. The largest absolute Gasteiger partial charge is 0.494 e. The SMILES string of the molecule is O=C(Oc1ccccc1)c1ccc(OCCCCCCOC2CCCCO2)cc1. The van der Waals surface area contributed by atoms with Crippen molar-refractivity contribution in [3.05, 3.63) is 60.2 Å². The monoisotopic (exact) mass is 398 g/mol. The van der Waals surface area contributed by atoms with Crippen molar-refractivity contribution < 1.29 is 23.7 Å². The number of ether oxygens (including phenoxy) is 4. The number of rotatable bonds is 11. The molecule has 0 spiro atoms. The van der Waals surface area contributed by atoms with Crippen LogP contribution in [-0.4, -0.2) is 32.1 Å². The van der Waals surface area contributed by atoms with Gasteiger partial charge in [-0.05, 0) is 74.9 Å². The zero-order valence-corrected chi connectivity index (χ0v) is 16.9. The predicted molar refractivity (Wildman–Crippen MR) is 111 cm³/mol. The van der Waals surface area contributed by atoms with Gasteiger partial charge in [0.15, 0.2) is 6.29 Å². The molecule has 2 aromatic rings. The Balaban J connectivity index is 1.25. The van der Waals surface area contributed by atoms with Gasteiger partial charge in [-0.3, -0.25) is 0 Å². The van der Waals surface area contributed by atoms with Gasteiger partial charge in [-0.15, -0.1) is 0 Å². The number of hydrogen-bond donors (Lipinski definition) is 0. The predicted octanol–water partition coefficient (Wildman–Crippen LogP) is 5.39. The molecule has 1 unspecified atom stereocenters. The topological polar surface area (TPSA) is 54.0 Å². The van der Waals surface area contributed by atoms with Crippen LogP contribution in [0.2, 0.25) is 0 Å². The molecular formula is C24H30O5. The molecule has 1 aliphatic rings. The Morgan fingerprint density at radius 3 is 2.34 bits per heavy atom. The van der Waals surface area contributed by atoms with Gasteiger partial charge in [-0.25, -0.2) is 4.79 Å². The summed E-state index contributed by atoms with van der Waals surface area (Å²) in [4.78, 5) is 12.1. The summed E-state index contributed by atoms with van der Waals surface area (Å²) in [6.07, 6.45) is 7.68. The highest BCUT2D eigenvalue weighted by Crippen LogP contribution is 2.17.